The Morgan fingerprint density at radius 2 is 2.50 bits per heavy atom. The molecule has 4 nitrogen and oxygen atoms in total. The van der Waals surface area contributed by atoms with Gasteiger partial charge in [0.05, 0.1) is 24.8 Å². The minimum atomic E-state index is 0.229. The van der Waals surface area contributed by atoms with Crippen molar-refractivity contribution in [2.45, 2.75) is 13.0 Å². The quantitative estimate of drug-likeness (QED) is 0.748. The van der Waals surface area contributed by atoms with Crippen LogP contribution in [0.1, 0.15) is 12.5 Å². The van der Waals surface area contributed by atoms with Gasteiger partial charge in [0.15, 0.2) is 0 Å². The Kier molecular flexibility index (Phi) is 3.28. The highest BCUT2D eigenvalue weighted by Crippen LogP contribution is 2.28. The van der Waals surface area contributed by atoms with E-state index < -0.39 is 0 Å². The Balaban J connectivity index is 2.36. The van der Waals surface area contributed by atoms with Gasteiger partial charge < -0.3 is 9.64 Å². The van der Waals surface area contributed by atoms with Crippen molar-refractivity contribution < 1.29 is 4.74 Å². The summed E-state index contributed by atoms with van der Waals surface area (Å²) in [4.78, 5) is 6.32. The topological polar surface area (TPSA) is 49.1 Å². The number of ether oxygens (including phenoxy) is 1. The zero-order chi connectivity index (χ0) is 11.5. The average Bonchev–Trinajstić information content (AvgIpc) is 2.31. The second-order valence-electron chi connectivity index (χ2n) is 3.73. The highest BCUT2D eigenvalue weighted by Gasteiger charge is 2.23. The molecule has 0 aromatic carbocycles. The van der Waals surface area contributed by atoms with Crippen molar-refractivity contribution in [3.8, 4) is 6.07 Å². The SMILES string of the molecule is CC1COCCN1c1nccc(C#N)c1Cl. The summed E-state index contributed by atoms with van der Waals surface area (Å²) in [5.74, 6) is 0.677. The lowest BCUT2D eigenvalue weighted by atomic mass is 10.2. The van der Waals surface area contributed by atoms with Crippen molar-refractivity contribution in [2.75, 3.05) is 24.7 Å². The molecule has 5 heteroatoms. The summed E-state index contributed by atoms with van der Waals surface area (Å²) in [6.45, 7) is 4.13. The molecule has 0 aliphatic carbocycles. The van der Waals surface area contributed by atoms with E-state index in [1.165, 1.54) is 0 Å². The van der Waals surface area contributed by atoms with E-state index in [0.717, 1.165) is 6.54 Å². The third-order valence-corrected chi connectivity index (χ3v) is 3.00. The smallest absolute Gasteiger partial charge is 0.149 e. The summed E-state index contributed by atoms with van der Waals surface area (Å²) in [5.41, 5.74) is 0.463. The van der Waals surface area contributed by atoms with Crippen LogP contribution in [0.2, 0.25) is 5.02 Å². The fourth-order valence-electron chi connectivity index (χ4n) is 1.76. The first-order valence-electron chi connectivity index (χ1n) is 5.13. The first-order valence-corrected chi connectivity index (χ1v) is 5.51. The van der Waals surface area contributed by atoms with E-state index in [-0.39, 0.29) is 6.04 Å². The molecule has 0 spiro atoms. The molecular weight excluding hydrogens is 226 g/mol. The zero-order valence-corrected chi connectivity index (χ0v) is 9.74. The molecule has 1 atom stereocenters. The number of hydrogen-bond donors (Lipinski definition) is 0. The highest BCUT2D eigenvalue weighted by atomic mass is 35.5. The van der Waals surface area contributed by atoms with Gasteiger partial charge in [0.1, 0.15) is 16.9 Å². The molecule has 0 bridgehead atoms. The lowest BCUT2D eigenvalue weighted by molar-refractivity contribution is 0.0985. The number of anilines is 1. The second-order valence-corrected chi connectivity index (χ2v) is 4.10. The predicted molar refractivity (Wildman–Crippen MR) is 61.6 cm³/mol. The van der Waals surface area contributed by atoms with E-state index in [1.54, 1.807) is 12.3 Å². The minimum absolute atomic E-state index is 0.229. The third-order valence-electron chi connectivity index (χ3n) is 2.63. The second kappa shape index (κ2) is 4.69. The number of hydrogen-bond acceptors (Lipinski definition) is 4. The average molecular weight is 238 g/mol. The van der Waals surface area contributed by atoms with Crippen LogP contribution in [0.25, 0.3) is 0 Å². The molecule has 16 heavy (non-hydrogen) atoms. The predicted octanol–water partition coefficient (Wildman–Crippen LogP) is 1.83. The maximum atomic E-state index is 8.90. The monoisotopic (exact) mass is 237 g/mol. The van der Waals surface area contributed by atoms with Crippen molar-refractivity contribution in [1.29, 1.82) is 5.26 Å². The van der Waals surface area contributed by atoms with Crippen LogP contribution in [0, 0.1) is 11.3 Å². The number of morpholine rings is 1. The van der Waals surface area contributed by atoms with Crippen LogP contribution in [-0.2, 0) is 4.74 Å². The summed E-state index contributed by atoms with van der Waals surface area (Å²) in [7, 11) is 0. The van der Waals surface area contributed by atoms with E-state index in [1.807, 2.05) is 0 Å². The fourth-order valence-corrected chi connectivity index (χ4v) is 2.02. The van der Waals surface area contributed by atoms with Crippen LogP contribution in [0.4, 0.5) is 5.82 Å². The summed E-state index contributed by atoms with van der Waals surface area (Å²) in [5, 5.41) is 9.33. The van der Waals surface area contributed by atoms with Gasteiger partial charge in [0.2, 0.25) is 0 Å². The van der Waals surface area contributed by atoms with Crippen molar-refractivity contribution in [3.05, 3.63) is 22.8 Å². The number of pyridine rings is 1. The van der Waals surface area contributed by atoms with Gasteiger partial charge in [-0.25, -0.2) is 4.98 Å². The Hall–Kier alpha value is -1.31. The summed E-state index contributed by atoms with van der Waals surface area (Å²) in [6, 6.07) is 3.91. The standard InChI is InChI=1S/C11H12ClN3O/c1-8-7-16-5-4-15(8)11-10(12)9(6-13)2-3-14-11/h2-3,8H,4-5,7H2,1H3. The molecular formula is C11H12ClN3O. The van der Waals surface area contributed by atoms with Crippen LogP contribution >= 0.6 is 11.6 Å². The van der Waals surface area contributed by atoms with E-state index in [9.17, 15) is 0 Å². The Morgan fingerprint density at radius 3 is 3.19 bits per heavy atom. The fraction of sp³-hybridized carbons (Fsp3) is 0.455. The Morgan fingerprint density at radius 1 is 1.69 bits per heavy atom. The summed E-state index contributed by atoms with van der Waals surface area (Å²) < 4.78 is 5.35. The molecule has 2 heterocycles. The molecule has 0 radical (unpaired) electrons. The van der Waals surface area contributed by atoms with Gasteiger partial charge >= 0.3 is 0 Å². The van der Waals surface area contributed by atoms with Crippen molar-refractivity contribution in [2.24, 2.45) is 0 Å². The molecule has 2 rings (SSSR count). The zero-order valence-electron chi connectivity index (χ0n) is 8.98. The number of nitrogens with zero attached hydrogens (tertiary/aromatic N) is 3. The highest BCUT2D eigenvalue weighted by molar-refractivity contribution is 6.34. The molecule has 84 valence electrons. The minimum Gasteiger partial charge on any atom is -0.377 e. The number of halogens is 1. The van der Waals surface area contributed by atoms with Crippen molar-refractivity contribution >= 4 is 17.4 Å². The van der Waals surface area contributed by atoms with Crippen molar-refractivity contribution in [1.82, 2.24) is 4.98 Å². The first kappa shape index (κ1) is 11.2. The molecule has 1 unspecified atom stereocenters. The van der Waals surface area contributed by atoms with Crippen LogP contribution in [0.15, 0.2) is 12.3 Å². The van der Waals surface area contributed by atoms with Crippen molar-refractivity contribution in [3.63, 3.8) is 0 Å². The Bertz CT molecular complexity index is 430. The Labute approximate surface area is 99.4 Å². The molecule has 0 N–H and O–H groups in total. The molecule has 1 fully saturated rings. The summed E-state index contributed by atoms with van der Waals surface area (Å²) in [6.07, 6.45) is 1.61. The van der Waals surface area contributed by atoms with Crippen LogP contribution in [0.3, 0.4) is 0 Å². The largest absolute Gasteiger partial charge is 0.377 e. The molecule has 0 saturated carbocycles. The van der Waals surface area contributed by atoms with Gasteiger partial charge in [0, 0.05) is 12.7 Å². The van der Waals surface area contributed by atoms with Gasteiger partial charge in [-0.2, -0.15) is 5.26 Å². The lowest BCUT2D eigenvalue weighted by Crippen LogP contribution is -2.44. The normalized spacial score (nSPS) is 20.6. The summed E-state index contributed by atoms with van der Waals surface area (Å²) >= 11 is 6.14. The molecule has 1 aromatic heterocycles. The van der Waals surface area contributed by atoms with Gasteiger partial charge in [-0.15, -0.1) is 0 Å². The third kappa shape index (κ3) is 1.97. The molecule has 1 saturated heterocycles. The van der Waals surface area contributed by atoms with Gasteiger partial charge in [0.25, 0.3) is 0 Å². The molecule has 1 aliphatic heterocycles. The number of rotatable bonds is 1. The van der Waals surface area contributed by atoms with E-state index in [4.69, 9.17) is 21.6 Å². The molecule has 1 aromatic rings. The lowest BCUT2D eigenvalue weighted by Gasteiger charge is -2.34. The van der Waals surface area contributed by atoms with E-state index in [2.05, 4.69) is 22.9 Å². The van der Waals surface area contributed by atoms with Gasteiger partial charge in [-0.05, 0) is 13.0 Å². The van der Waals surface area contributed by atoms with Gasteiger partial charge in [-0.1, -0.05) is 11.6 Å². The van der Waals surface area contributed by atoms with Crippen LogP contribution < -0.4 is 4.90 Å². The first-order chi connectivity index (χ1) is 7.74. The maximum Gasteiger partial charge on any atom is 0.149 e. The van der Waals surface area contributed by atoms with E-state index in [0.29, 0.717) is 29.6 Å². The molecule has 0 amide bonds. The number of aromatic nitrogens is 1. The molecule has 1 aliphatic rings. The van der Waals surface area contributed by atoms with Crippen LogP contribution in [-0.4, -0.2) is 30.8 Å². The maximum absolute atomic E-state index is 8.90. The van der Waals surface area contributed by atoms with Gasteiger partial charge in [-0.3, -0.25) is 0 Å². The van der Waals surface area contributed by atoms with Crippen LogP contribution in [0.5, 0.6) is 0 Å². The number of nitriles is 1. The van der Waals surface area contributed by atoms with E-state index >= 15 is 0 Å².